The van der Waals surface area contributed by atoms with Crippen molar-refractivity contribution in [3.63, 3.8) is 0 Å². The number of benzene rings is 4. The summed E-state index contributed by atoms with van der Waals surface area (Å²) in [4.78, 5) is 27.5. The Morgan fingerprint density at radius 1 is 0.894 bits per heavy atom. The van der Waals surface area contributed by atoms with Crippen molar-refractivity contribution in [3.8, 4) is 5.75 Å². The van der Waals surface area contributed by atoms with Gasteiger partial charge in [0.1, 0.15) is 12.4 Å². The molecule has 0 fully saturated rings. The molecule has 0 aromatic heterocycles. The monoisotopic (exact) mass is 683 g/mol. The fraction of sp³-hybridized carbons (Fsp3) is 0.200. The van der Waals surface area contributed by atoms with Crippen LogP contribution in [0.15, 0.2) is 96.7 Å². The summed E-state index contributed by atoms with van der Waals surface area (Å²) in [5.41, 5.74) is 0.919. The molecule has 12 heteroatoms. The zero-order valence-corrected chi connectivity index (χ0v) is 26.8. The van der Waals surface area contributed by atoms with E-state index in [1.54, 1.807) is 43.3 Å². The maximum atomic E-state index is 13.4. The summed E-state index contributed by atoms with van der Waals surface area (Å²) in [6.45, 7) is 1.61. The predicted molar refractivity (Wildman–Crippen MR) is 175 cm³/mol. The van der Waals surface area contributed by atoms with E-state index in [1.807, 2.05) is 36.4 Å². The van der Waals surface area contributed by atoms with Gasteiger partial charge in [-0.3, -0.25) is 9.59 Å². The summed E-state index contributed by atoms with van der Waals surface area (Å²) in [5.74, 6) is -0.804. The van der Waals surface area contributed by atoms with E-state index in [4.69, 9.17) is 32.7 Å². The van der Waals surface area contributed by atoms with Crippen LogP contribution >= 0.6 is 23.2 Å². The molecule has 1 aliphatic rings. The van der Waals surface area contributed by atoms with E-state index in [0.717, 1.165) is 29.3 Å². The molecule has 7 nitrogen and oxygen atoms in total. The molecule has 0 bridgehead atoms. The zero-order chi connectivity index (χ0) is 33.8. The highest BCUT2D eigenvalue weighted by molar-refractivity contribution is 6.31. The Hall–Kier alpha value is -4.51. The minimum Gasteiger partial charge on any atom is -0.489 e. The predicted octanol–water partition coefficient (Wildman–Crippen LogP) is 8.18. The molecule has 0 radical (unpaired) electrons. The number of alkyl halides is 3. The lowest BCUT2D eigenvalue weighted by Crippen LogP contribution is -2.50. The van der Waals surface area contributed by atoms with Gasteiger partial charge in [-0.25, -0.2) is 0 Å². The first-order valence-electron chi connectivity index (χ1n) is 14.4. The van der Waals surface area contributed by atoms with E-state index in [2.05, 4.69) is 10.6 Å². The van der Waals surface area contributed by atoms with Crippen LogP contribution < -0.4 is 15.4 Å². The Balaban J connectivity index is 1.38. The van der Waals surface area contributed by atoms with Crippen LogP contribution in [0.4, 0.5) is 18.9 Å². The Bertz CT molecular complexity index is 1830. The van der Waals surface area contributed by atoms with Crippen LogP contribution in [-0.4, -0.2) is 36.0 Å². The Morgan fingerprint density at radius 3 is 2.21 bits per heavy atom. The van der Waals surface area contributed by atoms with Crippen molar-refractivity contribution >= 4 is 46.8 Å². The highest BCUT2D eigenvalue weighted by atomic mass is 35.5. The summed E-state index contributed by atoms with van der Waals surface area (Å²) in [7, 11) is 1.52. The molecule has 0 aliphatic carbocycles. The standard InChI is InChI=1S/C35H30Cl2F3N3O4/c1-34(47-21-24-9-4-6-13-29(24)37)31(43(2)32(44)19-41-33(45)22-10-7-11-26(16-22)35(38,39)40)18-25-17-27(14-15-30(25)42-34)46-20-23-8-3-5-12-28(23)36/h3-18,42H,19-21H2,1-2H3,(H,41,45). The fourth-order valence-electron chi connectivity index (χ4n) is 4.96. The van der Waals surface area contributed by atoms with Crippen molar-refractivity contribution in [1.82, 2.24) is 10.2 Å². The highest BCUT2D eigenvalue weighted by Crippen LogP contribution is 2.38. The smallest absolute Gasteiger partial charge is 0.416 e. The molecule has 0 spiro atoms. The van der Waals surface area contributed by atoms with E-state index >= 15 is 0 Å². The van der Waals surface area contributed by atoms with Gasteiger partial charge >= 0.3 is 6.18 Å². The van der Waals surface area contributed by atoms with Crippen molar-refractivity contribution in [2.45, 2.75) is 32.0 Å². The van der Waals surface area contributed by atoms with Gasteiger partial charge in [0.25, 0.3) is 5.91 Å². The molecule has 0 saturated heterocycles. The van der Waals surface area contributed by atoms with Crippen LogP contribution in [0, 0.1) is 0 Å². The lowest BCUT2D eigenvalue weighted by atomic mass is 9.99. The molecule has 244 valence electrons. The molecule has 5 rings (SSSR count). The third kappa shape index (κ3) is 8.08. The van der Waals surface area contributed by atoms with E-state index in [9.17, 15) is 22.8 Å². The van der Waals surface area contributed by atoms with Gasteiger partial charge in [0.05, 0.1) is 24.4 Å². The zero-order valence-electron chi connectivity index (χ0n) is 25.3. The van der Waals surface area contributed by atoms with Crippen molar-refractivity contribution in [2.75, 3.05) is 18.9 Å². The number of hydrogen-bond donors (Lipinski definition) is 2. The van der Waals surface area contributed by atoms with Gasteiger partial charge in [0, 0.05) is 39.5 Å². The van der Waals surface area contributed by atoms with E-state index in [0.29, 0.717) is 32.7 Å². The van der Waals surface area contributed by atoms with E-state index in [1.165, 1.54) is 18.0 Å². The molecule has 4 aromatic carbocycles. The molecule has 1 heterocycles. The number of anilines is 1. The number of ether oxygens (including phenoxy) is 2. The second-order valence-electron chi connectivity index (χ2n) is 10.9. The summed E-state index contributed by atoms with van der Waals surface area (Å²) < 4.78 is 51.8. The maximum absolute atomic E-state index is 13.4. The van der Waals surface area contributed by atoms with Crippen molar-refractivity contribution < 1.29 is 32.2 Å². The van der Waals surface area contributed by atoms with Crippen LogP contribution in [0.2, 0.25) is 10.0 Å². The van der Waals surface area contributed by atoms with E-state index in [-0.39, 0.29) is 18.8 Å². The van der Waals surface area contributed by atoms with Crippen LogP contribution in [0.25, 0.3) is 6.08 Å². The largest absolute Gasteiger partial charge is 0.489 e. The third-order valence-electron chi connectivity index (χ3n) is 7.59. The Labute approximate surface area is 279 Å². The van der Waals surface area contributed by atoms with Crippen molar-refractivity contribution in [1.29, 1.82) is 0 Å². The second kappa shape index (κ2) is 14.1. The van der Waals surface area contributed by atoms with Gasteiger partial charge in [-0.1, -0.05) is 65.7 Å². The number of carbonyl (C=O) groups is 2. The molecule has 1 aliphatic heterocycles. The van der Waals surface area contributed by atoms with Gasteiger partial charge in [-0.2, -0.15) is 13.2 Å². The number of nitrogens with one attached hydrogen (secondary N) is 2. The SMILES string of the molecule is CN(C(=O)CNC(=O)c1cccc(C(F)(F)F)c1)C1=Cc2cc(OCc3ccccc3Cl)ccc2NC1(C)OCc1ccccc1Cl. The molecular formula is C35H30Cl2F3N3O4. The van der Waals surface area contributed by atoms with Gasteiger partial charge < -0.3 is 25.0 Å². The first-order valence-corrected chi connectivity index (χ1v) is 15.2. The second-order valence-corrected chi connectivity index (χ2v) is 11.7. The van der Waals surface area contributed by atoms with Crippen LogP contribution in [-0.2, 0) is 28.9 Å². The van der Waals surface area contributed by atoms with Crippen LogP contribution in [0.5, 0.6) is 5.75 Å². The molecule has 2 N–H and O–H groups in total. The lowest BCUT2D eigenvalue weighted by Gasteiger charge is -2.41. The van der Waals surface area contributed by atoms with Crippen molar-refractivity contribution in [2.24, 2.45) is 0 Å². The molecule has 2 amide bonds. The normalized spacial score (nSPS) is 15.6. The number of likely N-dealkylation sites (N-methyl/N-ethyl adjacent to an activating group) is 1. The molecule has 1 unspecified atom stereocenters. The average molecular weight is 685 g/mol. The van der Waals surface area contributed by atoms with Gasteiger partial charge in [0.2, 0.25) is 5.91 Å². The lowest BCUT2D eigenvalue weighted by molar-refractivity contribution is -0.137. The molecular weight excluding hydrogens is 654 g/mol. The summed E-state index contributed by atoms with van der Waals surface area (Å²) in [6.07, 6.45) is -2.84. The van der Waals surface area contributed by atoms with Crippen LogP contribution in [0.3, 0.4) is 0 Å². The Morgan fingerprint density at radius 2 is 1.55 bits per heavy atom. The molecule has 47 heavy (non-hydrogen) atoms. The number of carbonyl (C=O) groups excluding carboxylic acids is 2. The number of rotatable bonds is 10. The summed E-state index contributed by atoms with van der Waals surface area (Å²) >= 11 is 12.6. The number of nitrogens with zero attached hydrogens (tertiary/aromatic N) is 1. The number of amides is 2. The molecule has 0 saturated carbocycles. The third-order valence-corrected chi connectivity index (χ3v) is 8.33. The number of fused-ring (bicyclic) bond motifs is 1. The minimum absolute atomic E-state index is 0.100. The summed E-state index contributed by atoms with van der Waals surface area (Å²) in [6, 6.07) is 24.0. The van der Waals surface area contributed by atoms with E-state index < -0.39 is 35.8 Å². The Kier molecular flexibility index (Phi) is 10.1. The highest BCUT2D eigenvalue weighted by Gasteiger charge is 2.38. The number of halogens is 5. The van der Waals surface area contributed by atoms with Gasteiger partial charge in [0.15, 0.2) is 5.72 Å². The number of hydrogen-bond acceptors (Lipinski definition) is 5. The molecule has 1 atom stereocenters. The maximum Gasteiger partial charge on any atom is 0.416 e. The minimum atomic E-state index is -4.61. The first kappa shape index (κ1) is 33.8. The quantitative estimate of drug-likeness (QED) is 0.176. The average Bonchev–Trinajstić information content (AvgIpc) is 3.05. The first-order chi connectivity index (χ1) is 22.3. The molecule has 4 aromatic rings. The van der Waals surface area contributed by atoms with Crippen molar-refractivity contribution in [3.05, 3.63) is 135 Å². The van der Waals surface area contributed by atoms with Gasteiger partial charge in [-0.05, 0) is 67.1 Å². The summed E-state index contributed by atoms with van der Waals surface area (Å²) in [5, 5.41) is 6.89. The van der Waals surface area contributed by atoms with Crippen LogP contribution in [0.1, 0.15) is 39.5 Å². The fourth-order valence-corrected chi connectivity index (χ4v) is 5.34. The topological polar surface area (TPSA) is 79.9 Å². The van der Waals surface area contributed by atoms with Gasteiger partial charge in [-0.15, -0.1) is 0 Å².